The number of halogens is 1. The van der Waals surface area contributed by atoms with Gasteiger partial charge in [-0.15, -0.1) is 11.3 Å². The molecule has 1 aliphatic rings. The van der Waals surface area contributed by atoms with Gasteiger partial charge in [-0.05, 0) is 59.9 Å². The Labute approximate surface area is 161 Å². The van der Waals surface area contributed by atoms with E-state index in [4.69, 9.17) is 0 Å². The summed E-state index contributed by atoms with van der Waals surface area (Å²) < 4.78 is 39.3. The first-order valence-corrected chi connectivity index (χ1v) is 11.2. The minimum atomic E-state index is -3.35. The molecule has 0 spiro atoms. The maximum absolute atomic E-state index is 13.7. The molecule has 138 valence electrons. The van der Waals surface area contributed by atoms with Gasteiger partial charge in [-0.3, -0.25) is 4.72 Å². The Bertz CT molecular complexity index is 1150. The highest BCUT2D eigenvalue weighted by Crippen LogP contribution is 2.37. The number of aryl methyl sites for hydroxylation is 2. The lowest BCUT2D eigenvalue weighted by molar-refractivity contribution is 0.607. The highest BCUT2D eigenvalue weighted by atomic mass is 32.2. The molecule has 0 atom stereocenters. The molecule has 7 heteroatoms. The van der Waals surface area contributed by atoms with E-state index in [0.717, 1.165) is 51.9 Å². The third-order valence-corrected chi connectivity index (χ3v) is 5.88. The maximum Gasteiger partial charge on any atom is 0.229 e. The number of hydrogen-bond donors (Lipinski definition) is 1. The predicted molar refractivity (Wildman–Crippen MR) is 108 cm³/mol. The van der Waals surface area contributed by atoms with E-state index in [1.54, 1.807) is 35.6 Å². The fourth-order valence-electron chi connectivity index (χ4n) is 3.29. The van der Waals surface area contributed by atoms with Gasteiger partial charge in [0, 0.05) is 11.3 Å². The van der Waals surface area contributed by atoms with Crippen molar-refractivity contribution in [3.63, 3.8) is 0 Å². The number of nitrogens with zero attached hydrogens (tertiary/aromatic N) is 1. The number of anilines is 1. The van der Waals surface area contributed by atoms with E-state index in [2.05, 4.69) is 9.71 Å². The summed E-state index contributed by atoms with van der Waals surface area (Å²) in [5, 5.41) is 0. The topological polar surface area (TPSA) is 59.1 Å². The van der Waals surface area contributed by atoms with Gasteiger partial charge in [-0.2, -0.15) is 0 Å². The van der Waals surface area contributed by atoms with Crippen LogP contribution >= 0.6 is 11.3 Å². The smallest absolute Gasteiger partial charge is 0.229 e. The van der Waals surface area contributed by atoms with E-state index >= 15 is 0 Å². The number of fused-ring (bicyclic) bond motifs is 2. The Morgan fingerprint density at radius 1 is 1.19 bits per heavy atom. The zero-order chi connectivity index (χ0) is 19.0. The molecule has 0 saturated heterocycles. The van der Waals surface area contributed by atoms with E-state index in [1.807, 2.05) is 23.7 Å². The number of benzene rings is 2. The zero-order valence-electron chi connectivity index (χ0n) is 14.6. The van der Waals surface area contributed by atoms with Crippen molar-refractivity contribution in [3.8, 4) is 0 Å². The highest BCUT2D eigenvalue weighted by Gasteiger charge is 2.21. The van der Waals surface area contributed by atoms with Crippen molar-refractivity contribution in [2.75, 3.05) is 11.0 Å². The van der Waals surface area contributed by atoms with E-state index in [0.29, 0.717) is 5.69 Å². The van der Waals surface area contributed by atoms with Gasteiger partial charge in [0.1, 0.15) is 5.82 Å². The first kappa shape index (κ1) is 17.9. The number of thiazole rings is 1. The van der Waals surface area contributed by atoms with E-state index in [-0.39, 0.29) is 5.82 Å². The summed E-state index contributed by atoms with van der Waals surface area (Å²) >= 11 is 1.56. The minimum Gasteiger partial charge on any atom is -0.284 e. The van der Waals surface area contributed by atoms with Crippen LogP contribution in [-0.4, -0.2) is 19.7 Å². The van der Waals surface area contributed by atoms with Crippen LogP contribution in [0.2, 0.25) is 0 Å². The van der Waals surface area contributed by atoms with Crippen molar-refractivity contribution in [2.24, 2.45) is 0 Å². The van der Waals surface area contributed by atoms with Crippen LogP contribution in [0.1, 0.15) is 27.3 Å². The lowest BCUT2D eigenvalue weighted by atomic mass is 9.97. The SMILES string of the molecule is CS(=O)(=O)Nc1cccc(C=C2c3ccc(F)cc3CCc3ncsc32)c1. The van der Waals surface area contributed by atoms with Crippen molar-refractivity contribution in [3.05, 3.63) is 81.1 Å². The van der Waals surface area contributed by atoms with E-state index < -0.39 is 10.0 Å². The molecule has 0 saturated carbocycles. The predicted octanol–water partition coefficient (Wildman–Crippen LogP) is 4.34. The summed E-state index contributed by atoms with van der Waals surface area (Å²) in [5.41, 5.74) is 7.12. The fraction of sp³-hybridized carbons (Fsp3) is 0.150. The van der Waals surface area contributed by atoms with E-state index in [1.165, 1.54) is 6.07 Å². The number of aromatic nitrogens is 1. The Kier molecular flexibility index (Phi) is 4.57. The van der Waals surface area contributed by atoms with Gasteiger partial charge in [0.2, 0.25) is 10.0 Å². The van der Waals surface area contributed by atoms with Crippen molar-refractivity contribution in [2.45, 2.75) is 12.8 Å². The fourth-order valence-corrected chi connectivity index (χ4v) is 4.72. The highest BCUT2D eigenvalue weighted by molar-refractivity contribution is 7.92. The lowest BCUT2D eigenvalue weighted by Crippen LogP contribution is -2.09. The van der Waals surface area contributed by atoms with Crippen molar-refractivity contribution >= 4 is 38.7 Å². The largest absolute Gasteiger partial charge is 0.284 e. The molecular weight excluding hydrogens is 383 g/mol. The first-order chi connectivity index (χ1) is 12.9. The maximum atomic E-state index is 13.7. The molecule has 0 unspecified atom stereocenters. The van der Waals surface area contributed by atoms with Crippen LogP contribution in [0.5, 0.6) is 0 Å². The molecule has 0 aliphatic heterocycles. The van der Waals surface area contributed by atoms with Gasteiger partial charge >= 0.3 is 0 Å². The summed E-state index contributed by atoms with van der Waals surface area (Å²) in [6.07, 6.45) is 4.63. The molecule has 0 amide bonds. The standard InChI is InChI=1S/C20H17FN2O2S2/c1-27(24,25)23-16-4-2-3-13(9-16)10-18-17-7-6-15(21)11-14(17)5-8-19-20(18)26-12-22-19/h2-4,6-7,9-12,23H,5,8H2,1H3. The third-order valence-electron chi connectivity index (χ3n) is 4.38. The molecule has 1 N–H and O–H groups in total. The summed E-state index contributed by atoms with van der Waals surface area (Å²) in [6.45, 7) is 0. The Hall–Kier alpha value is -2.51. The van der Waals surface area contributed by atoms with Crippen LogP contribution in [0.25, 0.3) is 11.6 Å². The van der Waals surface area contributed by atoms with Crippen LogP contribution in [0.15, 0.2) is 48.0 Å². The minimum absolute atomic E-state index is 0.245. The van der Waals surface area contributed by atoms with Crippen LogP contribution in [0.3, 0.4) is 0 Å². The van der Waals surface area contributed by atoms with Crippen molar-refractivity contribution in [1.82, 2.24) is 4.98 Å². The second-order valence-electron chi connectivity index (χ2n) is 6.49. The average Bonchev–Trinajstić information content (AvgIpc) is 3.00. The van der Waals surface area contributed by atoms with Gasteiger partial charge in [-0.1, -0.05) is 18.2 Å². The van der Waals surface area contributed by atoms with Gasteiger partial charge in [0.05, 0.1) is 22.3 Å². The molecule has 2 aromatic carbocycles. The van der Waals surface area contributed by atoms with Gasteiger partial charge < -0.3 is 0 Å². The van der Waals surface area contributed by atoms with Crippen LogP contribution in [0.4, 0.5) is 10.1 Å². The van der Waals surface area contributed by atoms with E-state index in [9.17, 15) is 12.8 Å². The summed E-state index contributed by atoms with van der Waals surface area (Å²) in [4.78, 5) is 5.54. The second-order valence-corrected chi connectivity index (χ2v) is 9.09. The molecule has 0 bridgehead atoms. The molecule has 1 aliphatic carbocycles. The number of nitrogens with one attached hydrogen (secondary N) is 1. The lowest BCUT2D eigenvalue weighted by Gasteiger charge is -2.10. The summed E-state index contributed by atoms with van der Waals surface area (Å²) in [7, 11) is -3.35. The molecule has 0 fully saturated rings. The Morgan fingerprint density at radius 3 is 2.85 bits per heavy atom. The molecule has 1 heterocycles. The first-order valence-electron chi connectivity index (χ1n) is 8.40. The normalized spacial score (nSPS) is 15.1. The van der Waals surface area contributed by atoms with Crippen LogP contribution in [0, 0.1) is 5.82 Å². The number of sulfonamides is 1. The third kappa shape index (κ3) is 3.94. The Balaban J connectivity index is 1.85. The van der Waals surface area contributed by atoms with Gasteiger partial charge in [-0.25, -0.2) is 17.8 Å². The average molecular weight is 401 g/mol. The van der Waals surface area contributed by atoms with Crippen molar-refractivity contribution < 1.29 is 12.8 Å². The zero-order valence-corrected chi connectivity index (χ0v) is 16.2. The molecule has 0 radical (unpaired) electrons. The molecule has 3 aromatic rings. The summed E-state index contributed by atoms with van der Waals surface area (Å²) in [5.74, 6) is -0.245. The molecular formula is C20H17FN2O2S2. The molecule has 4 rings (SSSR count). The van der Waals surface area contributed by atoms with Crippen LogP contribution < -0.4 is 4.72 Å². The number of rotatable bonds is 3. The quantitative estimate of drug-likeness (QED) is 0.711. The van der Waals surface area contributed by atoms with Crippen molar-refractivity contribution in [1.29, 1.82) is 0 Å². The summed E-state index contributed by atoms with van der Waals surface area (Å²) in [6, 6.07) is 12.1. The Morgan fingerprint density at radius 2 is 2.04 bits per heavy atom. The monoisotopic (exact) mass is 400 g/mol. The van der Waals surface area contributed by atoms with Gasteiger partial charge in [0.25, 0.3) is 0 Å². The molecule has 1 aromatic heterocycles. The molecule has 27 heavy (non-hydrogen) atoms. The van der Waals surface area contributed by atoms with Crippen LogP contribution in [-0.2, 0) is 22.9 Å². The second kappa shape index (κ2) is 6.90. The van der Waals surface area contributed by atoms with Gasteiger partial charge in [0.15, 0.2) is 0 Å². The molecule has 4 nitrogen and oxygen atoms in total. The number of hydrogen-bond acceptors (Lipinski definition) is 4.